The monoisotopic (exact) mass is 462 g/mol. The van der Waals surface area contributed by atoms with Gasteiger partial charge in [0.2, 0.25) is 0 Å². The Labute approximate surface area is 214 Å². The normalized spacial score (nSPS) is 17.0. The van der Waals surface area contributed by atoms with Crippen molar-refractivity contribution in [2.75, 3.05) is 0 Å². The van der Waals surface area contributed by atoms with Gasteiger partial charge in [0.15, 0.2) is 0 Å². The van der Waals surface area contributed by atoms with Gasteiger partial charge in [-0.05, 0) is 79.1 Å². The Kier molecular flexibility index (Phi) is 4.34. The van der Waals surface area contributed by atoms with Gasteiger partial charge in [-0.3, -0.25) is 0 Å². The van der Waals surface area contributed by atoms with Crippen molar-refractivity contribution in [2.45, 2.75) is 38.5 Å². The molecule has 5 aromatic rings. The van der Waals surface area contributed by atoms with Gasteiger partial charge in [0.25, 0.3) is 0 Å². The zero-order valence-corrected chi connectivity index (χ0v) is 21.4. The summed E-state index contributed by atoms with van der Waals surface area (Å²) in [6, 6.07) is 41.1. The number of rotatable bonds is 1. The highest BCUT2D eigenvalue weighted by atomic mass is 14.5. The number of hydrogen-bond donors (Lipinski definition) is 0. The Morgan fingerprint density at radius 2 is 0.972 bits per heavy atom. The van der Waals surface area contributed by atoms with E-state index in [-0.39, 0.29) is 10.8 Å². The summed E-state index contributed by atoms with van der Waals surface area (Å²) in [5, 5.41) is 0. The van der Waals surface area contributed by atoms with Crippen LogP contribution >= 0.6 is 0 Å². The molecule has 5 aromatic carbocycles. The average Bonchev–Trinajstić information content (AvgIpc) is 3.36. The van der Waals surface area contributed by atoms with Gasteiger partial charge in [-0.1, -0.05) is 130 Å². The molecule has 7 rings (SSSR count). The molecular formula is C36H30. The standard InChI is InChI=1S/C36H30/c1-23-11-9-17-31-33(23)27-12-5-7-15-29(27)36(31)30-16-8-6-13-28(30)34-26(14-10-18-32(34)36)24-19-21-25(22-20-24)35(2,3)4/h5-22H,1-4H3. The van der Waals surface area contributed by atoms with Crippen LogP contribution in [0.4, 0.5) is 0 Å². The molecule has 0 aliphatic heterocycles. The summed E-state index contributed by atoms with van der Waals surface area (Å²) in [6.07, 6.45) is 0. The van der Waals surface area contributed by atoms with E-state index in [1.165, 1.54) is 66.8 Å². The molecule has 0 heterocycles. The fourth-order valence-corrected chi connectivity index (χ4v) is 6.81. The zero-order valence-electron chi connectivity index (χ0n) is 21.4. The minimum Gasteiger partial charge on any atom is -0.0619 e. The van der Waals surface area contributed by atoms with Crippen LogP contribution in [0.3, 0.4) is 0 Å². The van der Waals surface area contributed by atoms with E-state index in [2.05, 4.69) is 137 Å². The highest BCUT2D eigenvalue weighted by Crippen LogP contribution is 2.64. The molecule has 174 valence electrons. The van der Waals surface area contributed by atoms with Crippen LogP contribution in [-0.2, 0) is 10.8 Å². The molecule has 0 aromatic heterocycles. The quantitative estimate of drug-likeness (QED) is 0.228. The van der Waals surface area contributed by atoms with Crippen molar-refractivity contribution in [1.29, 1.82) is 0 Å². The molecule has 36 heavy (non-hydrogen) atoms. The molecule has 1 unspecified atom stereocenters. The van der Waals surface area contributed by atoms with Gasteiger partial charge in [-0.15, -0.1) is 0 Å². The van der Waals surface area contributed by atoms with E-state index >= 15 is 0 Å². The molecule has 0 saturated carbocycles. The lowest BCUT2D eigenvalue weighted by atomic mass is 9.70. The highest BCUT2D eigenvalue weighted by molar-refractivity contribution is 6.00. The first-order chi connectivity index (χ1) is 17.4. The lowest BCUT2D eigenvalue weighted by molar-refractivity contribution is 0.590. The molecule has 0 heteroatoms. The Morgan fingerprint density at radius 1 is 0.472 bits per heavy atom. The van der Waals surface area contributed by atoms with E-state index < -0.39 is 0 Å². The van der Waals surface area contributed by atoms with Gasteiger partial charge >= 0.3 is 0 Å². The zero-order chi connectivity index (χ0) is 24.7. The van der Waals surface area contributed by atoms with Crippen molar-refractivity contribution in [3.05, 3.63) is 143 Å². The number of benzene rings is 5. The Balaban J connectivity index is 1.58. The maximum absolute atomic E-state index is 2.37. The predicted molar refractivity (Wildman–Crippen MR) is 152 cm³/mol. The first-order valence-electron chi connectivity index (χ1n) is 13.0. The van der Waals surface area contributed by atoms with Crippen molar-refractivity contribution in [1.82, 2.24) is 0 Å². The Hall–Kier alpha value is -3.90. The molecule has 0 saturated heterocycles. The summed E-state index contributed by atoms with van der Waals surface area (Å²) in [7, 11) is 0. The molecule has 0 nitrogen and oxygen atoms in total. The number of hydrogen-bond acceptors (Lipinski definition) is 0. The topological polar surface area (TPSA) is 0 Å². The molecule has 1 atom stereocenters. The van der Waals surface area contributed by atoms with E-state index in [1.807, 2.05) is 0 Å². The third-order valence-electron chi connectivity index (χ3n) is 8.41. The van der Waals surface area contributed by atoms with Crippen molar-refractivity contribution in [3.63, 3.8) is 0 Å². The molecule has 0 N–H and O–H groups in total. The fourth-order valence-electron chi connectivity index (χ4n) is 6.81. The highest BCUT2D eigenvalue weighted by Gasteiger charge is 2.52. The largest absolute Gasteiger partial charge is 0.0725 e. The van der Waals surface area contributed by atoms with Crippen molar-refractivity contribution >= 4 is 0 Å². The Morgan fingerprint density at radius 3 is 1.61 bits per heavy atom. The summed E-state index contributed by atoms with van der Waals surface area (Å²) in [5.74, 6) is 0. The van der Waals surface area contributed by atoms with E-state index in [0.29, 0.717) is 0 Å². The van der Waals surface area contributed by atoms with Crippen LogP contribution in [-0.4, -0.2) is 0 Å². The van der Waals surface area contributed by atoms with Gasteiger partial charge in [0.05, 0.1) is 5.41 Å². The van der Waals surface area contributed by atoms with E-state index in [1.54, 1.807) is 0 Å². The number of aryl methyl sites for hydroxylation is 1. The lowest BCUT2D eigenvalue weighted by Gasteiger charge is -2.30. The van der Waals surface area contributed by atoms with Crippen LogP contribution in [0.2, 0.25) is 0 Å². The van der Waals surface area contributed by atoms with Gasteiger partial charge in [0, 0.05) is 0 Å². The first kappa shape index (κ1) is 21.4. The van der Waals surface area contributed by atoms with Crippen molar-refractivity contribution < 1.29 is 0 Å². The van der Waals surface area contributed by atoms with Crippen molar-refractivity contribution in [3.8, 4) is 33.4 Å². The molecule has 0 amide bonds. The minimum absolute atomic E-state index is 0.142. The molecule has 2 aliphatic carbocycles. The molecule has 1 spiro atoms. The SMILES string of the molecule is Cc1cccc2c1-c1ccccc1C21c2ccccc2-c2c(-c3ccc(C(C)(C)C)cc3)cccc21. The molecule has 0 bridgehead atoms. The van der Waals surface area contributed by atoms with Gasteiger partial charge in [-0.25, -0.2) is 0 Å². The third-order valence-corrected chi connectivity index (χ3v) is 8.41. The predicted octanol–water partition coefficient (Wildman–Crippen LogP) is 9.30. The van der Waals surface area contributed by atoms with Gasteiger partial charge < -0.3 is 0 Å². The van der Waals surface area contributed by atoms with Crippen LogP contribution < -0.4 is 0 Å². The van der Waals surface area contributed by atoms with Gasteiger partial charge in [-0.2, -0.15) is 0 Å². The minimum atomic E-state index is -0.286. The second kappa shape index (κ2) is 7.31. The maximum Gasteiger partial charge on any atom is 0.0725 e. The van der Waals surface area contributed by atoms with E-state index in [4.69, 9.17) is 0 Å². The van der Waals surface area contributed by atoms with Crippen molar-refractivity contribution in [2.24, 2.45) is 0 Å². The molecule has 0 radical (unpaired) electrons. The van der Waals surface area contributed by atoms with Gasteiger partial charge in [0.1, 0.15) is 0 Å². The van der Waals surface area contributed by atoms with Crippen LogP contribution in [0.15, 0.2) is 109 Å². The smallest absolute Gasteiger partial charge is 0.0619 e. The van der Waals surface area contributed by atoms with Crippen LogP contribution in [0.1, 0.15) is 54.2 Å². The Bertz CT molecular complexity index is 1660. The van der Waals surface area contributed by atoms with Crippen LogP contribution in [0, 0.1) is 6.92 Å². The summed E-state index contributed by atoms with van der Waals surface area (Å²) in [4.78, 5) is 0. The summed E-state index contributed by atoms with van der Waals surface area (Å²) >= 11 is 0. The van der Waals surface area contributed by atoms with Crippen LogP contribution in [0.25, 0.3) is 33.4 Å². The second-order valence-electron chi connectivity index (χ2n) is 11.4. The average molecular weight is 463 g/mol. The van der Waals surface area contributed by atoms with E-state index in [0.717, 1.165) is 0 Å². The molecule has 2 aliphatic rings. The fraction of sp³-hybridized carbons (Fsp3) is 0.167. The molecular weight excluding hydrogens is 432 g/mol. The summed E-state index contributed by atoms with van der Waals surface area (Å²) in [5.41, 5.74) is 16.3. The summed E-state index contributed by atoms with van der Waals surface area (Å²) in [6.45, 7) is 9.08. The van der Waals surface area contributed by atoms with E-state index in [9.17, 15) is 0 Å². The maximum atomic E-state index is 2.37. The van der Waals surface area contributed by atoms with Crippen LogP contribution in [0.5, 0.6) is 0 Å². The molecule has 0 fully saturated rings. The summed E-state index contributed by atoms with van der Waals surface area (Å²) < 4.78 is 0. The second-order valence-corrected chi connectivity index (χ2v) is 11.4. The lowest BCUT2D eigenvalue weighted by Crippen LogP contribution is -2.25. The third kappa shape index (κ3) is 2.65. The first-order valence-corrected chi connectivity index (χ1v) is 13.0. The number of fused-ring (bicyclic) bond motifs is 10.